The van der Waals surface area contributed by atoms with Gasteiger partial charge < -0.3 is 4.74 Å². The SMILES string of the molecule is CCCCC(CC)CC(=O)CC1(OC)CCC1. The maximum Gasteiger partial charge on any atom is 0.136 e. The first-order valence-electron chi connectivity index (χ1n) is 7.22. The van der Waals surface area contributed by atoms with Crippen LogP contribution in [0.1, 0.15) is 71.6 Å². The summed E-state index contributed by atoms with van der Waals surface area (Å²) in [5.41, 5.74) is -0.0832. The molecule has 0 heterocycles. The molecule has 1 rings (SSSR count). The van der Waals surface area contributed by atoms with E-state index in [1.165, 1.54) is 25.7 Å². The molecule has 0 N–H and O–H groups in total. The van der Waals surface area contributed by atoms with Crippen molar-refractivity contribution >= 4 is 5.78 Å². The zero-order valence-corrected chi connectivity index (χ0v) is 11.8. The van der Waals surface area contributed by atoms with Gasteiger partial charge in [0.1, 0.15) is 5.78 Å². The van der Waals surface area contributed by atoms with Gasteiger partial charge in [0.2, 0.25) is 0 Å². The largest absolute Gasteiger partial charge is 0.378 e. The zero-order chi connectivity index (χ0) is 12.7. The molecule has 0 aromatic heterocycles. The van der Waals surface area contributed by atoms with Crippen LogP contribution in [0.15, 0.2) is 0 Å². The lowest BCUT2D eigenvalue weighted by Crippen LogP contribution is -2.41. The number of unbranched alkanes of at least 4 members (excludes halogenated alkanes) is 1. The molecule has 0 aromatic carbocycles. The normalized spacial score (nSPS) is 19.7. The van der Waals surface area contributed by atoms with E-state index in [-0.39, 0.29) is 5.60 Å². The van der Waals surface area contributed by atoms with E-state index >= 15 is 0 Å². The Kier molecular flexibility index (Phi) is 6.18. The van der Waals surface area contributed by atoms with Crippen molar-refractivity contribution in [2.45, 2.75) is 77.2 Å². The molecule has 0 aliphatic heterocycles. The van der Waals surface area contributed by atoms with Gasteiger partial charge in [0.15, 0.2) is 0 Å². The van der Waals surface area contributed by atoms with Gasteiger partial charge in [-0.3, -0.25) is 4.79 Å². The Morgan fingerprint density at radius 3 is 2.47 bits per heavy atom. The number of rotatable bonds is 9. The van der Waals surface area contributed by atoms with Crippen molar-refractivity contribution in [1.29, 1.82) is 0 Å². The minimum Gasteiger partial charge on any atom is -0.378 e. The van der Waals surface area contributed by atoms with Crippen LogP contribution in [0.3, 0.4) is 0 Å². The molecule has 1 saturated carbocycles. The van der Waals surface area contributed by atoms with Gasteiger partial charge in [-0.15, -0.1) is 0 Å². The molecule has 1 aliphatic carbocycles. The second-order valence-corrected chi connectivity index (χ2v) is 5.58. The fourth-order valence-corrected chi connectivity index (χ4v) is 2.72. The summed E-state index contributed by atoms with van der Waals surface area (Å²) in [7, 11) is 1.75. The monoisotopic (exact) mass is 240 g/mol. The third kappa shape index (κ3) is 4.42. The molecule has 2 heteroatoms. The average molecular weight is 240 g/mol. The number of carbonyl (C=O) groups excluding carboxylic acids is 1. The third-order valence-electron chi connectivity index (χ3n) is 4.28. The predicted molar refractivity (Wildman–Crippen MR) is 71.1 cm³/mol. The molecule has 1 atom stereocenters. The topological polar surface area (TPSA) is 26.3 Å². The van der Waals surface area contributed by atoms with Gasteiger partial charge in [-0.1, -0.05) is 39.5 Å². The van der Waals surface area contributed by atoms with Gasteiger partial charge in [0.05, 0.1) is 5.60 Å². The number of ether oxygens (including phenoxy) is 1. The zero-order valence-electron chi connectivity index (χ0n) is 11.8. The minimum absolute atomic E-state index is 0.0832. The van der Waals surface area contributed by atoms with Crippen molar-refractivity contribution in [2.75, 3.05) is 7.11 Å². The predicted octanol–water partition coefficient (Wildman–Crippen LogP) is 4.12. The number of hydrogen-bond donors (Lipinski definition) is 0. The Balaban J connectivity index is 2.31. The summed E-state index contributed by atoms with van der Waals surface area (Å²) in [5, 5.41) is 0. The maximum absolute atomic E-state index is 12.1. The summed E-state index contributed by atoms with van der Waals surface area (Å²) >= 11 is 0. The summed E-state index contributed by atoms with van der Waals surface area (Å²) < 4.78 is 5.52. The first-order chi connectivity index (χ1) is 8.15. The highest BCUT2D eigenvalue weighted by Crippen LogP contribution is 2.38. The minimum atomic E-state index is -0.0832. The van der Waals surface area contributed by atoms with Crippen molar-refractivity contribution in [1.82, 2.24) is 0 Å². The number of ketones is 1. The maximum atomic E-state index is 12.1. The first kappa shape index (κ1) is 14.7. The standard InChI is InChI=1S/C15H28O2/c1-4-6-8-13(5-2)11-14(16)12-15(17-3)9-7-10-15/h13H,4-12H2,1-3H3. The van der Waals surface area contributed by atoms with Gasteiger partial charge in [-0.2, -0.15) is 0 Å². The summed E-state index contributed by atoms with van der Waals surface area (Å²) in [5.74, 6) is 1.01. The van der Waals surface area contributed by atoms with Crippen molar-refractivity contribution in [3.8, 4) is 0 Å². The van der Waals surface area contributed by atoms with E-state index in [4.69, 9.17) is 4.74 Å². The van der Waals surface area contributed by atoms with Gasteiger partial charge >= 0.3 is 0 Å². The molecular weight excluding hydrogens is 212 g/mol. The molecule has 0 spiro atoms. The van der Waals surface area contributed by atoms with Crippen molar-refractivity contribution in [2.24, 2.45) is 5.92 Å². The summed E-state index contributed by atoms with van der Waals surface area (Å²) in [6.45, 7) is 4.41. The average Bonchev–Trinajstić information content (AvgIpc) is 2.29. The van der Waals surface area contributed by atoms with Crippen LogP contribution in [-0.4, -0.2) is 18.5 Å². The quantitative estimate of drug-likeness (QED) is 0.606. The van der Waals surface area contributed by atoms with Crippen LogP contribution in [-0.2, 0) is 9.53 Å². The molecule has 0 amide bonds. The Morgan fingerprint density at radius 1 is 1.35 bits per heavy atom. The fraction of sp³-hybridized carbons (Fsp3) is 0.933. The second-order valence-electron chi connectivity index (χ2n) is 5.58. The highest BCUT2D eigenvalue weighted by molar-refractivity contribution is 5.79. The van der Waals surface area contributed by atoms with E-state index in [1.807, 2.05) is 0 Å². The molecular formula is C15H28O2. The molecule has 0 bridgehead atoms. The Bertz CT molecular complexity index is 226. The van der Waals surface area contributed by atoms with Crippen LogP contribution in [0.2, 0.25) is 0 Å². The van der Waals surface area contributed by atoms with Crippen LogP contribution in [0.4, 0.5) is 0 Å². The highest BCUT2D eigenvalue weighted by Gasteiger charge is 2.38. The molecule has 1 fully saturated rings. The molecule has 0 radical (unpaired) electrons. The lowest BCUT2D eigenvalue weighted by atomic mass is 9.75. The Labute approximate surface area is 106 Å². The highest BCUT2D eigenvalue weighted by atomic mass is 16.5. The van der Waals surface area contributed by atoms with E-state index in [1.54, 1.807) is 7.11 Å². The van der Waals surface area contributed by atoms with E-state index in [9.17, 15) is 4.79 Å². The van der Waals surface area contributed by atoms with Crippen LogP contribution in [0.25, 0.3) is 0 Å². The van der Waals surface area contributed by atoms with Crippen molar-refractivity contribution in [3.63, 3.8) is 0 Å². The molecule has 1 unspecified atom stereocenters. The fourth-order valence-electron chi connectivity index (χ4n) is 2.72. The van der Waals surface area contributed by atoms with Crippen LogP contribution in [0.5, 0.6) is 0 Å². The summed E-state index contributed by atoms with van der Waals surface area (Å²) in [6.07, 6.45) is 9.59. The lowest BCUT2D eigenvalue weighted by molar-refractivity contribution is -0.133. The summed E-state index contributed by atoms with van der Waals surface area (Å²) in [6, 6.07) is 0. The van der Waals surface area contributed by atoms with Crippen LogP contribution >= 0.6 is 0 Å². The Hall–Kier alpha value is -0.370. The third-order valence-corrected chi connectivity index (χ3v) is 4.28. The van der Waals surface area contributed by atoms with Crippen molar-refractivity contribution in [3.05, 3.63) is 0 Å². The van der Waals surface area contributed by atoms with Gasteiger partial charge in [0.25, 0.3) is 0 Å². The number of methoxy groups -OCH3 is 1. The molecule has 100 valence electrons. The van der Waals surface area contributed by atoms with E-state index < -0.39 is 0 Å². The molecule has 2 nitrogen and oxygen atoms in total. The van der Waals surface area contributed by atoms with Crippen LogP contribution in [0, 0.1) is 5.92 Å². The van der Waals surface area contributed by atoms with E-state index in [0.29, 0.717) is 18.1 Å². The second kappa shape index (κ2) is 7.15. The number of Topliss-reactive ketones (excluding diaryl/α,β-unsaturated/α-hetero) is 1. The number of carbonyl (C=O) groups is 1. The molecule has 1 aliphatic rings. The van der Waals surface area contributed by atoms with E-state index in [2.05, 4.69) is 13.8 Å². The number of hydrogen-bond acceptors (Lipinski definition) is 2. The molecule has 0 saturated heterocycles. The first-order valence-corrected chi connectivity index (χ1v) is 7.22. The lowest BCUT2D eigenvalue weighted by Gasteiger charge is -2.40. The van der Waals surface area contributed by atoms with Gasteiger partial charge in [-0.05, 0) is 25.2 Å². The van der Waals surface area contributed by atoms with Gasteiger partial charge in [0, 0.05) is 20.0 Å². The van der Waals surface area contributed by atoms with Crippen molar-refractivity contribution < 1.29 is 9.53 Å². The van der Waals surface area contributed by atoms with E-state index in [0.717, 1.165) is 25.7 Å². The van der Waals surface area contributed by atoms with Crippen LogP contribution < -0.4 is 0 Å². The molecule has 0 aromatic rings. The Morgan fingerprint density at radius 2 is 2.06 bits per heavy atom. The molecule has 17 heavy (non-hydrogen) atoms. The smallest absolute Gasteiger partial charge is 0.136 e. The summed E-state index contributed by atoms with van der Waals surface area (Å²) in [4.78, 5) is 12.1. The van der Waals surface area contributed by atoms with Gasteiger partial charge in [-0.25, -0.2) is 0 Å².